The zero-order valence-electron chi connectivity index (χ0n) is 20.7. The summed E-state index contributed by atoms with van der Waals surface area (Å²) in [6.45, 7) is 6.35. The maximum absolute atomic E-state index is 12.8. The average molecular weight is 515 g/mol. The van der Waals surface area contributed by atoms with E-state index < -0.39 is 27.4 Å². The standard InChI is InChI=1S/C24H30N6O5S/c1-24(2,3)35-23(32)30-10-9-16(14-30)28-21-18(12-25)19(26)11-20(29-21)22(31)27-13-15-5-7-17(8-6-15)36(4,33)34/h5-8,11,16H,9-10,13-14H2,1-4H3,(H,27,31)(H3,26,28,29). The number of likely N-dealkylation sites (tertiary alicyclic amines) is 1. The summed E-state index contributed by atoms with van der Waals surface area (Å²) in [5.74, 6) is -0.348. The van der Waals surface area contributed by atoms with Gasteiger partial charge in [-0.2, -0.15) is 5.26 Å². The average Bonchev–Trinajstić information content (AvgIpc) is 3.24. The summed E-state index contributed by atoms with van der Waals surface area (Å²) in [5, 5.41) is 15.4. The van der Waals surface area contributed by atoms with E-state index >= 15 is 0 Å². The van der Waals surface area contributed by atoms with Crippen LogP contribution in [-0.2, 0) is 21.1 Å². The minimum absolute atomic E-state index is 0.0174. The predicted octanol–water partition coefficient (Wildman–Crippen LogP) is 2.29. The van der Waals surface area contributed by atoms with Gasteiger partial charge in [0.05, 0.1) is 10.6 Å². The number of rotatable bonds is 6. The number of anilines is 2. The number of carbonyl (C=O) groups is 2. The first-order valence-corrected chi connectivity index (χ1v) is 13.2. The number of nitrogens with two attached hydrogens (primary N) is 1. The fraction of sp³-hybridized carbons (Fsp3) is 0.417. The van der Waals surface area contributed by atoms with Crippen molar-refractivity contribution in [2.24, 2.45) is 0 Å². The van der Waals surface area contributed by atoms with Gasteiger partial charge in [0.2, 0.25) is 0 Å². The summed E-state index contributed by atoms with van der Waals surface area (Å²) in [6, 6.07) is 9.30. The van der Waals surface area contributed by atoms with Crippen molar-refractivity contribution in [3.8, 4) is 6.07 Å². The van der Waals surface area contributed by atoms with Crippen LogP contribution in [0.3, 0.4) is 0 Å². The van der Waals surface area contributed by atoms with E-state index in [1.54, 1.807) is 37.8 Å². The molecule has 2 amide bonds. The Balaban J connectivity index is 1.69. The number of hydrogen-bond acceptors (Lipinski definition) is 9. The van der Waals surface area contributed by atoms with Crippen molar-refractivity contribution < 1.29 is 22.7 Å². The third-order valence-electron chi connectivity index (χ3n) is 5.38. The molecule has 0 aliphatic carbocycles. The predicted molar refractivity (Wildman–Crippen MR) is 134 cm³/mol. The third kappa shape index (κ3) is 6.85. The van der Waals surface area contributed by atoms with Crippen LogP contribution in [0.15, 0.2) is 35.2 Å². The summed E-state index contributed by atoms with van der Waals surface area (Å²) >= 11 is 0. The van der Waals surface area contributed by atoms with Crippen molar-refractivity contribution in [3.63, 3.8) is 0 Å². The molecule has 2 heterocycles. The van der Waals surface area contributed by atoms with Gasteiger partial charge in [-0.1, -0.05) is 12.1 Å². The van der Waals surface area contributed by atoms with Crippen molar-refractivity contribution >= 4 is 33.3 Å². The maximum atomic E-state index is 12.8. The van der Waals surface area contributed by atoms with E-state index in [1.807, 2.05) is 6.07 Å². The molecule has 36 heavy (non-hydrogen) atoms. The molecule has 192 valence electrons. The Morgan fingerprint density at radius 1 is 1.28 bits per heavy atom. The number of ether oxygens (including phenoxy) is 1. The second-order valence-electron chi connectivity index (χ2n) is 9.59. The smallest absolute Gasteiger partial charge is 0.410 e. The van der Waals surface area contributed by atoms with Crippen LogP contribution >= 0.6 is 0 Å². The van der Waals surface area contributed by atoms with E-state index in [0.717, 1.165) is 6.26 Å². The van der Waals surface area contributed by atoms with Gasteiger partial charge in [-0.15, -0.1) is 0 Å². The molecule has 0 spiro atoms. The SMILES string of the molecule is CC(C)(C)OC(=O)N1CCC(Nc2nc(C(=O)NCc3ccc(S(C)(=O)=O)cc3)cc(N)c2C#N)C1. The molecule has 1 unspecified atom stereocenters. The molecule has 11 nitrogen and oxygen atoms in total. The van der Waals surface area contributed by atoms with Crippen LogP contribution < -0.4 is 16.4 Å². The van der Waals surface area contributed by atoms with Crippen molar-refractivity contribution in [1.82, 2.24) is 15.2 Å². The Hall–Kier alpha value is -3.85. The molecule has 4 N–H and O–H groups in total. The molecule has 0 bridgehead atoms. The van der Waals surface area contributed by atoms with E-state index in [-0.39, 0.29) is 40.2 Å². The molecule has 1 aromatic carbocycles. The lowest BCUT2D eigenvalue weighted by Gasteiger charge is -2.24. The van der Waals surface area contributed by atoms with Gasteiger partial charge in [0.15, 0.2) is 9.84 Å². The van der Waals surface area contributed by atoms with Crippen LogP contribution in [-0.4, -0.2) is 61.3 Å². The van der Waals surface area contributed by atoms with Gasteiger partial charge in [-0.3, -0.25) is 4.79 Å². The summed E-state index contributed by atoms with van der Waals surface area (Å²) < 4.78 is 28.6. The molecule has 1 saturated heterocycles. The molecule has 3 rings (SSSR count). The quantitative estimate of drug-likeness (QED) is 0.524. The topological polar surface area (TPSA) is 168 Å². The molecule has 0 saturated carbocycles. The number of pyridine rings is 1. The zero-order valence-corrected chi connectivity index (χ0v) is 21.5. The number of nitriles is 1. The van der Waals surface area contributed by atoms with Gasteiger partial charge >= 0.3 is 6.09 Å². The van der Waals surface area contributed by atoms with E-state index in [1.165, 1.54) is 18.2 Å². The number of hydrogen-bond donors (Lipinski definition) is 3. The Kier molecular flexibility index (Phi) is 7.74. The van der Waals surface area contributed by atoms with Crippen molar-refractivity contribution in [1.29, 1.82) is 5.26 Å². The highest BCUT2D eigenvalue weighted by Crippen LogP contribution is 2.24. The number of sulfone groups is 1. The lowest BCUT2D eigenvalue weighted by atomic mass is 10.1. The molecule has 2 aromatic rings. The minimum Gasteiger partial charge on any atom is -0.444 e. The Morgan fingerprint density at radius 3 is 2.53 bits per heavy atom. The highest BCUT2D eigenvalue weighted by molar-refractivity contribution is 7.90. The van der Waals surface area contributed by atoms with Gasteiger partial charge in [0.25, 0.3) is 5.91 Å². The normalized spacial score (nSPS) is 15.8. The highest BCUT2D eigenvalue weighted by Gasteiger charge is 2.30. The molecule has 0 radical (unpaired) electrons. The van der Waals surface area contributed by atoms with E-state index in [4.69, 9.17) is 10.5 Å². The van der Waals surface area contributed by atoms with E-state index in [0.29, 0.717) is 25.1 Å². The molecular weight excluding hydrogens is 484 g/mol. The van der Waals surface area contributed by atoms with E-state index in [9.17, 15) is 23.3 Å². The van der Waals surface area contributed by atoms with Crippen LogP contribution in [0, 0.1) is 11.3 Å². The lowest BCUT2D eigenvalue weighted by molar-refractivity contribution is 0.0293. The first-order valence-electron chi connectivity index (χ1n) is 11.3. The molecular formula is C24H30N6O5S. The van der Waals surface area contributed by atoms with Gasteiger partial charge < -0.3 is 26.0 Å². The summed E-state index contributed by atoms with van der Waals surface area (Å²) in [5.41, 5.74) is 6.35. The molecule has 1 aliphatic rings. The Morgan fingerprint density at radius 2 is 1.94 bits per heavy atom. The maximum Gasteiger partial charge on any atom is 0.410 e. The van der Waals surface area contributed by atoms with Crippen LogP contribution in [0.5, 0.6) is 0 Å². The third-order valence-corrected chi connectivity index (χ3v) is 6.51. The second-order valence-corrected chi connectivity index (χ2v) is 11.6. The second kappa shape index (κ2) is 10.4. The largest absolute Gasteiger partial charge is 0.444 e. The van der Waals surface area contributed by atoms with Crippen molar-refractivity contribution in [2.75, 3.05) is 30.4 Å². The van der Waals surface area contributed by atoms with Gasteiger partial charge in [0.1, 0.15) is 28.7 Å². The fourth-order valence-electron chi connectivity index (χ4n) is 3.59. The number of nitrogen functional groups attached to an aromatic ring is 1. The van der Waals surface area contributed by atoms with Crippen LogP contribution in [0.1, 0.15) is 48.8 Å². The first kappa shape index (κ1) is 26.7. The molecule has 1 atom stereocenters. The summed E-state index contributed by atoms with van der Waals surface area (Å²) in [6.07, 6.45) is 1.31. The van der Waals surface area contributed by atoms with E-state index in [2.05, 4.69) is 15.6 Å². The van der Waals surface area contributed by atoms with Crippen LogP contribution in [0.25, 0.3) is 0 Å². The highest BCUT2D eigenvalue weighted by atomic mass is 32.2. The molecule has 1 fully saturated rings. The Labute approximate surface area is 210 Å². The number of carbonyl (C=O) groups excluding carboxylic acids is 2. The number of amides is 2. The zero-order chi connectivity index (χ0) is 26.7. The van der Waals surface area contributed by atoms with Gasteiger partial charge in [-0.25, -0.2) is 18.2 Å². The Bertz CT molecular complexity index is 1300. The van der Waals surface area contributed by atoms with Crippen molar-refractivity contribution in [2.45, 2.75) is 50.3 Å². The first-order chi connectivity index (χ1) is 16.8. The number of nitrogens with one attached hydrogen (secondary N) is 2. The molecule has 12 heteroatoms. The van der Waals surface area contributed by atoms with Gasteiger partial charge in [-0.05, 0) is 51.0 Å². The van der Waals surface area contributed by atoms with Crippen LogP contribution in [0.4, 0.5) is 16.3 Å². The minimum atomic E-state index is -3.31. The van der Waals surface area contributed by atoms with Crippen molar-refractivity contribution in [3.05, 3.63) is 47.2 Å². The monoisotopic (exact) mass is 514 g/mol. The molecule has 1 aliphatic heterocycles. The number of nitrogens with zero attached hydrogens (tertiary/aromatic N) is 3. The van der Waals surface area contributed by atoms with Gasteiger partial charge in [0, 0.05) is 31.9 Å². The number of aromatic nitrogens is 1. The summed E-state index contributed by atoms with van der Waals surface area (Å²) in [7, 11) is -3.31. The summed E-state index contributed by atoms with van der Waals surface area (Å²) in [4.78, 5) is 31.2. The van der Waals surface area contributed by atoms with Crippen LogP contribution in [0.2, 0.25) is 0 Å². The number of benzene rings is 1. The fourth-order valence-corrected chi connectivity index (χ4v) is 4.22. The molecule has 1 aromatic heterocycles. The lowest BCUT2D eigenvalue weighted by Crippen LogP contribution is -2.36.